The van der Waals surface area contributed by atoms with Crippen LogP contribution in [0.5, 0.6) is 5.75 Å². The first-order valence-electron chi connectivity index (χ1n) is 5.03. The van der Waals surface area contributed by atoms with Crippen molar-refractivity contribution in [2.45, 2.75) is 6.17 Å². The monoisotopic (exact) mass is 208 g/mol. The maximum absolute atomic E-state index is 5.23. The van der Waals surface area contributed by atoms with Crippen LogP contribution in [0.1, 0.15) is 11.7 Å². The molecule has 0 saturated heterocycles. The van der Waals surface area contributed by atoms with Gasteiger partial charge in [-0.25, -0.2) is 0 Å². The van der Waals surface area contributed by atoms with Gasteiger partial charge in [-0.05, 0) is 45.9 Å². The highest BCUT2D eigenvalue weighted by Crippen LogP contribution is 2.23. The smallest absolute Gasteiger partial charge is 0.119 e. The number of hydrogen-bond acceptors (Lipinski definition) is 3. The second-order valence-electron chi connectivity index (χ2n) is 4.08. The van der Waals surface area contributed by atoms with E-state index in [9.17, 15) is 0 Å². The topological polar surface area (TPSA) is 15.7 Å². The lowest BCUT2D eigenvalue weighted by molar-refractivity contribution is 0.130. The van der Waals surface area contributed by atoms with Crippen LogP contribution in [0.25, 0.3) is 0 Å². The first-order chi connectivity index (χ1) is 7.06. The van der Waals surface area contributed by atoms with Crippen molar-refractivity contribution in [1.29, 1.82) is 0 Å². The maximum Gasteiger partial charge on any atom is 0.119 e. The molecule has 3 nitrogen and oxygen atoms in total. The van der Waals surface area contributed by atoms with Gasteiger partial charge in [-0.1, -0.05) is 12.1 Å². The van der Waals surface area contributed by atoms with Crippen LogP contribution in [-0.4, -0.2) is 45.1 Å². The van der Waals surface area contributed by atoms with Crippen LogP contribution >= 0.6 is 0 Å². The molecule has 0 saturated carbocycles. The first-order valence-corrected chi connectivity index (χ1v) is 5.03. The molecule has 0 amide bonds. The average Bonchev–Trinajstić information content (AvgIpc) is 2.17. The van der Waals surface area contributed by atoms with E-state index in [1.807, 2.05) is 12.1 Å². The van der Waals surface area contributed by atoms with Gasteiger partial charge in [0.05, 0.1) is 13.3 Å². The Bertz CT molecular complexity index is 302. The largest absolute Gasteiger partial charge is 0.497 e. The Balaban J connectivity index is 3.00. The number of methoxy groups -OCH3 is 1. The number of nitrogens with zero attached hydrogens (tertiary/aromatic N) is 2. The van der Waals surface area contributed by atoms with Gasteiger partial charge in [0, 0.05) is 0 Å². The third-order valence-electron chi connectivity index (χ3n) is 2.37. The number of rotatable bonds is 4. The van der Waals surface area contributed by atoms with Gasteiger partial charge in [0.25, 0.3) is 0 Å². The summed E-state index contributed by atoms with van der Waals surface area (Å²) in [6.07, 6.45) is 0.278. The third-order valence-corrected chi connectivity index (χ3v) is 2.37. The molecule has 0 spiro atoms. The second-order valence-corrected chi connectivity index (χ2v) is 4.08. The van der Waals surface area contributed by atoms with E-state index < -0.39 is 0 Å². The fourth-order valence-corrected chi connectivity index (χ4v) is 1.86. The van der Waals surface area contributed by atoms with Gasteiger partial charge in [-0.2, -0.15) is 0 Å². The van der Waals surface area contributed by atoms with E-state index in [1.165, 1.54) is 5.56 Å². The van der Waals surface area contributed by atoms with E-state index in [1.54, 1.807) is 7.11 Å². The average molecular weight is 208 g/mol. The van der Waals surface area contributed by atoms with Crippen LogP contribution in [0.2, 0.25) is 0 Å². The lowest BCUT2D eigenvalue weighted by Gasteiger charge is -2.31. The molecule has 0 bridgehead atoms. The summed E-state index contributed by atoms with van der Waals surface area (Å²) in [5.74, 6) is 0.904. The summed E-state index contributed by atoms with van der Waals surface area (Å²) in [7, 11) is 9.99. The number of benzene rings is 1. The summed E-state index contributed by atoms with van der Waals surface area (Å²) >= 11 is 0. The van der Waals surface area contributed by atoms with Gasteiger partial charge in [-0.3, -0.25) is 9.80 Å². The van der Waals surface area contributed by atoms with Crippen molar-refractivity contribution in [3.63, 3.8) is 0 Å². The summed E-state index contributed by atoms with van der Waals surface area (Å²) in [6, 6.07) is 8.18. The zero-order valence-corrected chi connectivity index (χ0v) is 10.2. The van der Waals surface area contributed by atoms with Crippen molar-refractivity contribution in [3.05, 3.63) is 29.8 Å². The van der Waals surface area contributed by atoms with E-state index in [-0.39, 0.29) is 6.17 Å². The zero-order valence-electron chi connectivity index (χ0n) is 10.2. The lowest BCUT2D eigenvalue weighted by Crippen LogP contribution is -2.32. The Morgan fingerprint density at radius 3 is 2.13 bits per heavy atom. The Kier molecular flexibility index (Phi) is 4.12. The van der Waals surface area contributed by atoms with Gasteiger partial charge < -0.3 is 4.74 Å². The van der Waals surface area contributed by atoms with Crippen LogP contribution in [0, 0.1) is 0 Å². The molecule has 0 heterocycles. The standard InChI is InChI=1S/C12H20N2O/c1-13(2)12(14(3)4)10-7-6-8-11(9-10)15-5/h6-9,12H,1-5H3. The van der Waals surface area contributed by atoms with Crippen molar-refractivity contribution in [3.8, 4) is 5.75 Å². The second kappa shape index (κ2) is 5.14. The van der Waals surface area contributed by atoms with Crippen LogP contribution in [0.3, 0.4) is 0 Å². The fourth-order valence-electron chi connectivity index (χ4n) is 1.86. The highest BCUT2D eigenvalue weighted by atomic mass is 16.5. The molecule has 0 aliphatic carbocycles. The Hall–Kier alpha value is -1.06. The molecule has 1 rings (SSSR count). The molecule has 3 heteroatoms. The maximum atomic E-state index is 5.23. The molecule has 84 valence electrons. The molecule has 0 aromatic heterocycles. The minimum atomic E-state index is 0.278. The van der Waals surface area contributed by atoms with E-state index in [0.29, 0.717) is 0 Å². The van der Waals surface area contributed by atoms with Crippen LogP contribution in [0.4, 0.5) is 0 Å². The molecule has 1 aromatic carbocycles. The molecule has 0 aliphatic rings. The molecule has 0 fully saturated rings. The van der Waals surface area contributed by atoms with E-state index in [2.05, 4.69) is 50.1 Å². The molecule has 0 N–H and O–H groups in total. The van der Waals surface area contributed by atoms with Crippen molar-refractivity contribution in [1.82, 2.24) is 9.80 Å². The van der Waals surface area contributed by atoms with Gasteiger partial charge in [-0.15, -0.1) is 0 Å². The molecule has 0 atom stereocenters. The molecule has 1 aromatic rings. The lowest BCUT2D eigenvalue weighted by atomic mass is 10.1. The first kappa shape index (κ1) is 12.0. The highest BCUT2D eigenvalue weighted by Gasteiger charge is 2.16. The summed E-state index contributed by atoms with van der Waals surface area (Å²) in [5.41, 5.74) is 1.24. The fraction of sp³-hybridized carbons (Fsp3) is 0.500. The minimum absolute atomic E-state index is 0.278. The molecule has 0 aliphatic heterocycles. The molecular formula is C12H20N2O. The highest BCUT2D eigenvalue weighted by molar-refractivity contribution is 5.30. The van der Waals surface area contributed by atoms with Crippen LogP contribution < -0.4 is 4.74 Å². The molecular weight excluding hydrogens is 188 g/mol. The SMILES string of the molecule is COc1cccc(C(N(C)C)N(C)C)c1. The number of hydrogen-bond donors (Lipinski definition) is 0. The van der Waals surface area contributed by atoms with E-state index in [0.717, 1.165) is 5.75 Å². The Labute approximate surface area is 92.3 Å². The minimum Gasteiger partial charge on any atom is -0.497 e. The summed E-state index contributed by atoms with van der Waals surface area (Å²) < 4.78 is 5.23. The van der Waals surface area contributed by atoms with E-state index >= 15 is 0 Å². The van der Waals surface area contributed by atoms with Crippen molar-refractivity contribution >= 4 is 0 Å². The van der Waals surface area contributed by atoms with Gasteiger partial charge >= 0.3 is 0 Å². The third kappa shape index (κ3) is 2.94. The summed E-state index contributed by atoms with van der Waals surface area (Å²) in [6.45, 7) is 0. The predicted octanol–water partition coefficient (Wildman–Crippen LogP) is 1.82. The molecule has 0 unspecified atom stereocenters. The zero-order chi connectivity index (χ0) is 11.4. The molecule has 0 radical (unpaired) electrons. The van der Waals surface area contributed by atoms with Gasteiger partial charge in [0.1, 0.15) is 5.75 Å². The van der Waals surface area contributed by atoms with Crippen molar-refractivity contribution < 1.29 is 4.74 Å². The van der Waals surface area contributed by atoms with Crippen LogP contribution in [-0.2, 0) is 0 Å². The summed E-state index contributed by atoms with van der Waals surface area (Å²) in [4.78, 5) is 4.35. The quantitative estimate of drug-likeness (QED) is 0.702. The normalized spacial score (nSPS) is 11.5. The molecule has 15 heavy (non-hydrogen) atoms. The van der Waals surface area contributed by atoms with Crippen LogP contribution in [0.15, 0.2) is 24.3 Å². The number of ether oxygens (including phenoxy) is 1. The Morgan fingerprint density at radius 1 is 1.07 bits per heavy atom. The van der Waals surface area contributed by atoms with Gasteiger partial charge in [0.15, 0.2) is 0 Å². The Morgan fingerprint density at radius 2 is 1.67 bits per heavy atom. The predicted molar refractivity (Wildman–Crippen MR) is 63.1 cm³/mol. The van der Waals surface area contributed by atoms with Crippen molar-refractivity contribution in [2.75, 3.05) is 35.3 Å². The van der Waals surface area contributed by atoms with Gasteiger partial charge in [0.2, 0.25) is 0 Å². The summed E-state index contributed by atoms with van der Waals surface area (Å²) in [5, 5.41) is 0. The van der Waals surface area contributed by atoms with Crippen molar-refractivity contribution in [2.24, 2.45) is 0 Å². The van der Waals surface area contributed by atoms with E-state index in [4.69, 9.17) is 4.74 Å².